The van der Waals surface area contributed by atoms with Crippen LogP contribution in [0.15, 0.2) is 30.3 Å². The summed E-state index contributed by atoms with van der Waals surface area (Å²) in [5.41, 5.74) is 10.8. The van der Waals surface area contributed by atoms with E-state index in [1.807, 2.05) is 37.3 Å². The third-order valence-electron chi connectivity index (χ3n) is 2.16. The molecule has 0 saturated heterocycles. The fourth-order valence-electron chi connectivity index (χ4n) is 1.40. The molecule has 4 nitrogen and oxygen atoms in total. The second kappa shape index (κ2) is 8.73. The lowest BCUT2D eigenvalue weighted by Crippen LogP contribution is -2.39. The second-order valence-electron chi connectivity index (χ2n) is 3.30. The highest BCUT2D eigenvalue weighted by Crippen LogP contribution is 2.05. The number of carbonyl (C=O) groups is 1. The zero-order valence-corrected chi connectivity index (χ0v) is 9.94. The summed E-state index contributed by atoms with van der Waals surface area (Å²) in [7, 11) is 1.50. The molecular formula is C12H21N3O. The molecule has 1 aromatic carbocycles. The number of nitrogens with two attached hydrogens (primary N) is 2. The van der Waals surface area contributed by atoms with E-state index in [0.29, 0.717) is 0 Å². The lowest BCUT2D eigenvalue weighted by molar-refractivity contribution is 0.244. The van der Waals surface area contributed by atoms with Crippen molar-refractivity contribution >= 4 is 6.03 Å². The smallest absolute Gasteiger partial charge is 0.312 e. The van der Waals surface area contributed by atoms with Crippen molar-refractivity contribution in [2.24, 2.45) is 11.5 Å². The maximum atomic E-state index is 10.7. The van der Waals surface area contributed by atoms with Gasteiger partial charge in [-0.2, -0.15) is 0 Å². The Hall–Kier alpha value is -1.55. The van der Waals surface area contributed by atoms with Crippen molar-refractivity contribution in [3.8, 4) is 0 Å². The van der Waals surface area contributed by atoms with Crippen molar-refractivity contribution < 1.29 is 4.79 Å². The maximum absolute atomic E-state index is 10.7. The Balaban J connectivity index is 0.00000106. The fraction of sp³-hybridized carbons (Fsp3) is 0.417. The lowest BCUT2D eigenvalue weighted by Gasteiger charge is -2.15. The minimum atomic E-state index is -0.451. The highest BCUT2D eigenvalue weighted by Gasteiger charge is 2.07. The van der Waals surface area contributed by atoms with Gasteiger partial charge in [0.05, 0.1) is 0 Å². The predicted octanol–water partition coefficient (Wildman–Crippen LogP) is 1.25. The maximum Gasteiger partial charge on any atom is 0.312 e. The predicted molar refractivity (Wildman–Crippen MR) is 67.1 cm³/mol. The van der Waals surface area contributed by atoms with E-state index in [1.165, 1.54) is 12.6 Å². The average molecular weight is 223 g/mol. The van der Waals surface area contributed by atoms with E-state index in [0.717, 1.165) is 12.8 Å². The third-order valence-corrected chi connectivity index (χ3v) is 2.16. The Morgan fingerprint density at radius 3 is 2.31 bits per heavy atom. The zero-order chi connectivity index (χ0) is 12.4. The summed E-state index contributed by atoms with van der Waals surface area (Å²) in [6, 6.07) is 9.74. The minimum absolute atomic E-state index is 0.134. The Morgan fingerprint density at radius 1 is 1.31 bits per heavy atom. The van der Waals surface area contributed by atoms with Gasteiger partial charge in [0.1, 0.15) is 0 Å². The molecule has 0 bridgehead atoms. The van der Waals surface area contributed by atoms with E-state index in [4.69, 9.17) is 5.73 Å². The third kappa shape index (κ3) is 6.03. The number of rotatable bonds is 4. The van der Waals surface area contributed by atoms with Crippen LogP contribution in [-0.2, 0) is 6.42 Å². The van der Waals surface area contributed by atoms with E-state index >= 15 is 0 Å². The number of hydrogen-bond donors (Lipinski definition) is 3. The van der Waals surface area contributed by atoms with E-state index in [-0.39, 0.29) is 6.04 Å². The van der Waals surface area contributed by atoms with Gasteiger partial charge in [-0.25, -0.2) is 4.79 Å². The molecule has 0 unspecified atom stereocenters. The van der Waals surface area contributed by atoms with Gasteiger partial charge in [-0.15, -0.1) is 0 Å². The van der Waals surface area contributed by atoms with Crippen LogP contribution in [0.25, 0.3) is 0 Å². The molecule has 2 amide bonds. The van der Waals surface area contributed by atoms with Gasteiger partial charge < -0.3 is 16.8 Å². The second-order valence-corrected chi connectivity index (χ2v) is 3.30. The molecule has 0 spiro atoms. The van der Waals surface area contributed by atoms with Gasteiger partial charge in [-0.3, -0.25) is 0 Å². The summed E-state index contributed by atoms with van der Waals surface area (Å²) < 4.78 is 0. The largest absolute Gasteiger partial charge is 0.352 e. The summed E-state index contributed by atoms with van der Waals surface area (Å²) in [6.07, 6.45) is 1.72. The Bertz CT molecular complexity index is 288. The van der Waals surface area contributed by atoms with Crippen molar-refractivity contribution in [3.05, 3.63) is 35.9 Å². The zero-order valence-electron chi connectivity index (χ0n) is 9.94. The average Bonchev–Trinajstić information content (AvgIpc) is 2.31. The number of primary amides is 1. The van der Waals surface area contributed by atoms with Crippen molar-refractivity contribution in [1.82, 2.24) is 5.32 Å². The number of nitrogens with one attached hydrogen (secondary N) is 1. The molecule has 90 valence electrons. The standard InChI is InChI=1S/C11H16N2O.CH5N/c1-2-10(13-11(12)14)8-9-6-4-3-5-7-9;1-2/h3-7,10H,2,8H2,1H3,(H3,12,13,14);2H2,1H3/t10-;/m1./s1. The molecule has 4 heteroatoms. The lowest BCUT2D eigenvalue weighted by atomic mass is 10.0. The van der Waals surface area contributed by atoms with Crippen LogP contribution in [0.1, 0.15) is 18.9 Å². The molecule has 1 aromatic rings. The molecule has 0 radical (unpaired) electrons. The molecule has 0 aliphatic carbocycles. The van der Waals surface area contributed by atoms with E-state index < -0.39 is 6.03 Å². The first-order valence-corrected chi connectivity index (χ1v) is 5.40. The number of benzene rings is 1. The molecule has 0 fully saturated rings. The topological polar surface area (TPSA) is 81.1 Å². The first-order chi connectivity index (χ1) is 7.72. The molecule has 0 aromatic heterocycles. The first-order valence-electron chi connectivity index (χ1n) is 5.40. The van der Waals surface area contributed by atoms with Gasteiger partial charge >= 0.3 is 6.03 Å². The summed E-state index contributed by atoms with van der Waals surface area (Å²) in [6.45, 7) is 2.03. The Kier molecular flexibility index (Phi) is 7.89. The van der Waals surface area contributed by atoms with Crippen LogP contribution < -0.4 is 16.8 Å². The summed E-state index contributed by atoms with van der Waals surface area (Å²) in [5, 5.41) is 2.72. The number of urea groups is 1. The van der Waals surface area contributed by atoms with Crippen LogP contribution in [-0.4, -0.2) is 19.1 Å². The fourth-order valence-corrected chi connectivity index (χ4v) is 1.40. The van der Waals surface area contributed by atoms with E-state index in [9.17, 15) is 4.79 Å². The minimum Gasteiger partial charge on any atom is -0.352 e. The van der Waals surface area contributed by atoms with Crippen molar-refractivity contribution in [2.75, 3.05) is 7.05 Å². The van der Waals surface area contributed by atoms with Gasteiger partial charge in [0, 0.05) is 6.04 Å². The molecule has 0 aliphatic heterocycles. The molecular weight excluding hydrogens is 202 g/mol. The molecule has 0 aliphatic rings. The number of amides is 2. The van der Waals surface area contributed by atoms with Crippen molar-refractivity contribution in [2.45, 2.75) is 25.8 Å². The van der Waals surface area contributed by atoms with Gasteiger partial charge in [-0.05, 0) is 25.5 Å². The van der Waals surface area contributed by atoms with Gasteiger partial charge in [-0.1, -0.05) is 37.3 Å². The van der Waals surface area contributed by atoms with Crippen LogP contribution in [0.4, 0.5) is 4.79 Å². The Morgan fingerprint density at radius 2 is 1.88 bits per heavy atom. The van der Waals surface area contributed by atoms with Gasteiger partial charge in [0.15, 0.2) is 0 Å². The monoisotopic (exact) mass is 223 g/mol. The molecule has 1 atom stereocenters. The normalized spacial score (nSPS) is 10.9. The van der Waals surface area contributed by atoms with Crippen LogP contribution in [0.3, 0.4) is 0 Å². The van der Waals surface area contributed by atoms with Crippen LogP contribution >= 0.6 is 0 Å². The van der Waals surface area contributed by atoms with Crippen LogP contribution in [0.2, 0.25) is 0 Å². The van der Waals surface area contributed by atoms with Crippen molar-refractivity contribution in [3.63, 3.8) is 0 Å². The molecule has 0 saturated carbocycles. The molecule has 1 rings (SSSR count). The van der Waals surface area contributed by atoms with Crippen LogP contribution in [0.5, 0.6) is 0 Å². The molecule has 5 N–H and O–H groups in total. The van der Waals surface area contributed by atoms with Gasteiger partial charge in [0.2, 0.25) is 0 Å². The summed E-state index contributed by atoms with van der Waals surface area (Å²) in [4.78, 5) is 10.7. The summed E-state index contributed by atoms with van der Waals surface area (Å²) >= 11 is 0. The van der Waals surface area contributed by atoms with E-state index in [1.54, 1.807) is 0 Å². The Labute approximate surface area is 97.0 Å². The van der Waals surface area contributed by atoms with Crippen molar-refractivity contribution in [1.29, 1.82) is 0 Å². The molecule has 16 heavy (non-hydrogen) atoms. The highest BCUT2D eigenvalue weighted by atomic mass is 16.2. The summed E-state index contributed by atoms with van der Waals surface area (Å²) in [5.74, 6) is 0. The number of carbonyl (C=O) groups excluding carboxylic acids is 1. The van der Waals surface area contributed by atoms with Gasteiger partial charge in [0.25, 0.3) is 0 Å². The SMILES string of the molecule is CC[C@H](Cc1ccccc1)NC(N)=O.CN. The van der Waals surface area contributed by atoms with Crippen LogP contribution in [0, 0.1) is 0 Å². The number of hydrogen-bond acceptors (Lipinski definition) is 2. The first kappa shape index (κ1) is 14.5. The quantitative estimate of drug-likeness (QED) is 0.718. The van der Waals surface area contributed by atoms with E-state index in [2.05, 4.69) is 11.1 Å². The highest BCUT2D eigenvalue weighted by molar-refractivity contribution is 5.71. The molecule has 0 heterocycles.